The van der Waals surface area contributed by atoms with E-state index in [-0.39, 0.29) is 0 Å². The minimum atomic E-state index is 0.574. The second-order valence-corrected chi connectivity index (χ2v) is 4.89. The number of rotatable bonds is 2. The number of hydrogen-bond acceptors (Lipinski definition) is 2. The van der Waals surface area contributed by atoms with Crippen molar-refractivity contribution in [3.8, 4) is 11.1 Å². The van der Waals surface area contributed by atoms with Crippen molar-refractivity contribution in [1.29, 1.82) is 0 Å². The van der Waals surface area contributed by atoms with Crippen molar-refractivity contribution in [3.63, 3.8) is 0 Å². The Kier molecular flexibility index (Phi) is 2.96. The first-order valence-electron chi connectivity index (χ1n) is 6.26. The summed E-state index contributed by atoms with van der Waals surface area (Å²) in [6.45, 7) is 2.08. The Morgan fingerprint density at radius 2 is 1.95 bits per heavy atom. The second kappa shape index (κ2) is 4.63. The highest BCUT2D eigenvalue weighted by atomic mass is 35.5. The van der Waals surface area contributed by atoms with Crippen LogP contribution in [0.25, 0.3) is 22.1 Å². The molecule has 0 bridgehead atoms. The highest BCUT2D eigenvalue weighted by molar-refractivity contribution is 6.33. The van der Waals surface area contributed by atoms with Gasteiger partial charge in [0, 0.05) is 17.4 Å². The van der Waals surface area contributed by atoms with E-state index in [4.69, 9.17) is 21.8 Å². The summed E-state index contributed by atoms with van der Waals surface area (Å²) in [5, 5.41) is 1.69. The van der Waals surface area contributed by atoms with Crippen LogP contribution in [-0.2, 0) is 6.42 Å². The molecular weight excluding hydrogens is 258 g/mol. The van der Waals surface area contributed by atoms with Gasteiger partial charge in [0.15, 0.2) is 0 Å². The summed E-state index contributed by atoms with van der Waals surface area (Å²) in [6.07, 6.45) is 0.839. The summed E-state index contributed by atoms with van der Waals surface area (Å²) in [7, 11) is 0. The molecule has 3 heteroatoms. The van der Waals surface area contributed by atoms with E-state index in [2.05, 4.69) is 13.0 Å². The fourth-order valence-electron chi connectivity index (χ4n) is 2.34. The maximum absolute atomic E-state index is 6.12. The Morgan fingerprint density at radius 3 is 2.68 bits per heavy atom. The zero-order valence-electron chi connectivity index (χ0n) is 10.6. The average molecular weight is 272 g/mol. The highest BCUT2D eigenvalue weighted by Crippen LogP contribution is 2.37. The van der Waals surface area contributed by atoms with E-state index in [1.165, 1.54) is 0 Å². The molecule has 0 atom stereocenters. The van der Waals surface area contributed by atoms with Gasteiger partial charge in [-0.1, -0.05) is 42.8 Å². The fourth-order valence-corrected chi connectivity index (χ4v) is 2.52. The molecule has 1 heterocycles. The summed E-state index contributed by atoms with van der Waals surface area (Å²) in [4.78, 5) is 0. The molecule has 2 nitrogen and oxygen atoms in total. The van der Waals surface area contributed by atoms with Gasteiger partial charge in [-0.05, 0) is 23.8 Å². The summed E-state index contributed by atoms with van der Waals surface area (Å²) in [5.41, 5.74) is 9.42. The van der Waals surface area contributed by atoms with E-state index in [1.54, 1.807) is 0 Å². The smallest absolute Gasteiger partial charge is 0.134 e. The number of hydrogen-bond donors (Lipinski definition) is 1. The van der Waals surface area contributed by atoms with Crippen LogP contribution in [0.15, 0.2) is 46.9 Å². The van der Waals surface area contributed by atoms with Crippen molar-refractivity contribution < 1.29 is 4.42 Å². The maximum atomic E-state index is 6.12. The largest absolute Gasteiger partial charge is 0.460 e. The minimum Gasteiger partial charge on any atom is -0.460 e. The van der Waals surface area contributed by atoms with E-state index in [1.807, 2.05) is 36.4 Å². The number of halogens is 1. The summed E-state index contributed by atoms with van der Waals surface area (Å²) in [6, 6.07) is 13.8. The number of para-hydroxylation sites is 1. The van der Waals surface area contributed by atoms with Crippen LogP contribution in [0, 0.1) is 0 Å². The normalized spacial score (nSPS) is 11.1. The Hall–Kier alpha value is -1.93. The lowest BCUT2D eigenvalue weighted by molar-refractivity contribution is 0.558. The average Bonchev–Trinajstić information content (AvgIpc) is 2.80. The van der Waals surface area contributed by atoms with Gasteiger partial charge in [0.1, 0.15) is 11.3 Å². The first-order chi connectivity index (χ1) is 9.20. The minimum absolute atomic E-state index is 0.574. The summed E-state index contributed by atoms with van der Waals surface area (Å²) in [5.74, 6) is 0.974. The Morgan fingerprint density at radius 1 is 1.16 bits per heavy atom. The van der Waals surface area contributed by atoms with E-state index in [0.717, 1.165) is 34.3 Å². The lowest BCUT2D eigenvalue weighted by atomic mass is 10.0. The van der Waals surface area contributed by atoms with Gasteiger partial charge >= 0.3 is 0 Å². The molecule has 2 N–H and O–H groups in total. The quantitative estimate of drug-likeness (QED) is 0.674. The molecule has 0 radical (unpaired) electrons. The van der Waals surface area contributed by atoms with Crippen LogP contribution in [0.1, 0.15) is 12.7 Å². The van der Waals surface area contributed by atoms with Crippen LogP contribution in [-0.4, -0.2) is 0 Å². The van der Waals surface area contributed by atoms with Crippen molar-refractivity contribution in [1.82, 2.24) is 0 Å². The van der Waals surface area contributed by atoms with Crippen LogP contribution >= 0.6 is 11.6 Å². The van der Waals surface area contributed by atoms with E-state index in [9.17, 15) is 0 Å². The van der Waals surface area contributed by atoms with Crippen molar-refractivity contribution >= 4 is 28.3 Å². The molecule has 1 aromatic heterocycles. The molecular formula is C16H14ClNO. The number of anilines is 1. The fraction of sp³-hybridized carbons (Fsp3) is 0.125. The second-order valence-electron chi connectivity index (χ2n) is 4.49. The topological polar surface area (TPSA) is 39.2 Å². The van der Waals surface area contributed by atoms with Gasteiger partial charge in [-0.3, -0.25) is 0 Å². The molecule has 3 aromatic rings. The third kappa shape index (κ3) is 1.98. The Labute approximate surface area is 116 Å². The molecule has 2 aromatic carbocycles. The number of fused-ring (bicyclic) bond motifs is 1. The monoisotopic (exact) mass is 271 g/mol. The van der Waals surface area contributed by atoms with Crippen LogP contribution in [0.3, 0.4) is 0 Å². The van der Waals surface area contributed by atoms with Crippen LogP contribution in [0.5, 0.6) is 0 Å². The van der Waals surface area contributed by atoms with Gasteiger partial charge in [0.25, 0.3) is 0 Å². The van der Waals surface area contributed by atoms with Crippen LogP contribution in [0.4, 0.5) is 5.69 Å². The van der Waals surface area contributed by atoms with Crippen LogP contribution in [0.2, 0.25) is 5.02 Å². The first kappa shape index (κ1) is 12.1. The third-order valence-electron chi connectivity index (χ3n) is 3.28. The molecule has 0 amide bonds. The van der Waals surface area contributed by atoms with Gasteiger partial charge in [-0.15, -0.1) is 0 Å². The zero-order chi connectivity index (χ0) is 13.4. The molecule has 3 rings (SSSR count). The van der Waals surface area contributed by atoms with Gasteiger partial charge in [0.2, 0.25) is 0 Å². The number of nitrogen functional groups attached to an aromatic ring is 1. The van der Waals surface area contributed by atoms with E-state index >= 15 is 0 Å². The lowest BCUT2D eigenvalue weighted by Gasteiger charge is -2.04. The summed E-state index contributed by atoms with van der Waals surface area (Å²) < 4.78 is 5.90. The summed E-state index contributed by atoms with van der Waals surface area (Å²) >= 11 is 6.12. The standard InChI is InChI=1S/C16H14ClNO/c1-2-14-16(10-7-8-13(18)12(17)9-10)11-5-3-4-6-15(11)19-14/h3-9H,2,18H2,1H3. The maximum Gasteiger partial charge on any atom is 0.134 e. The number of nitrogens with two attached hydrogens (primary N) is 1. The Bertz CT molecular complexity index is 746. The van der Waals surface area contributed by atoms with Gasteiger partial charge < -0.3 is 10.2 Å². The zero-order valence-corrected chi connectivity index (χ0v) is 11.4. The molecule has 0 saturated heterocycles. The molecule has 0 fully saturated rings. The molecule has 0 saturated carbocycles. The highest BCUT2D eigenvalue weighted by Gasteiger charge is 2.14. The first-order valence-corrected chi connectivity index (χ1v) is 6.64. The van der Waals surface area contributed by atoms with Crippen molar-refractivity contribution in [3.05, 3.63) is 53.2 Å². The molecule has 19 heavy (non-hydrogen) atoms. The molecule has 0 spiro atoms. The predicted molar refractivity (Wildman–Crippen MR) is 80.5 cm³/mol. The van der Waals surface area contributed by atoms with Crippen LogP contribution < -0.4 is 5.73 Å². The Balaban J connectivity index is 2.31. The molecule has 0 aliphatic heterocycles. The third-order valence-corrected chi connectivity index (χ3v) is 3.61. The van der Waals surface area contributed by atoms with Crippen molar-refractivity contribution in [2.24, 2.45) is 0 Å². The van der Waals surface area contributed by atoms with E-state index < -0.39 is 0 Å². The van der Waals surface area contributed by atoms with Crippen molar-refractivity contribution in [2.45, 2.75) is 13.3 Å². The number of benzene rings is 2. The molecule has 96 valence electrons. The molecule has 0 aliphatic carbocycles. The number of aryl methyl sites for hydroxylation is 1. The lowest BCUT2D eigenvalue weighted by Crippen LogP contribution is -1.88. The number of furan rings is 1. The SMILES string of the molecule is CCc1oc2ccccc2c1-c1ccc(N)c(Cl)c1. The van der Waals surface area contributed by atoms with Crippen molar-refractivity contribution in [2.75, 3.05) is 5.73 Å². The molecule has 0 aliphatic rings. The van der Waals surface area contributed by atoms with Gasteiger partial charge in [0.05, 0.1) is 10.7 Å². The van der Waals surface area contributed by atoms with Gasteiger partial charge in [-0.25, -0.2) is 0 Å². The molecule has 0 unspecified atom stereocenters. The predicted octanol–water partition coefficient (Wildman–Crippen LogP) is 4.90. The van der Waals surface area contributed by atoms with Gasteiger partial charge in [-0.2, -0.15) is 0 Å². The van der Waals surface area contributed by atoms with E-state index in [0.29, 0.717) is 10.7 Å².